The van der Waals surface area contributed by atoms with Crippen LogP contribution in [0.4, 0.5) is 19.1 Å². The minimum absolute atomic E-state index is 0.176. The highest BCUT2D eigenvalue weighted by Crippen LogP contribution is 2.29. The topological polar surface area (TPSA) is 91.0 Å². The summed E-state index contributed by atoms with van der Waals surface area (Å²) >= 11 is 5.54. The number of rotatable bonds is 5. The number of aromatic nitrogens is 3. The summed E-state index contributed by atoms with van der Waals surface area (Å²) in [6, 6.07) is 4.26. The van der Waals surface area contributed by atoms with E-state index < -0.39 is 24.1 Å². The van der Waals surface area contributed by atoms with E-state index in [0.717, 1.165) is 12.1 Å². The number of halogens is 4. The summed E-state index contributed by atoms with van der Waals surface area (Å²) in [7, 11) is 0. The fraction of sp³-hybridized carbons (Fsp3) is 0.231. The molecule has 2 rings (SSSR count). The lowest BCUT2D eigenvalue weighted by molar-refractivity contribution is -0.137. The van der Waals surface area contributed by atoms with E-state index in [9.17, 15) is 18.0 Å². The molecule has 23 heavy (non-hydrogen) atoms. The molecule has 0 aliphatic heterocycles. The van der Waals surface area contributed by atoms with E-state index in [1.165, 1.54) is 12.1 Å². The molecule has 1 aromatic heterocycles. The smallest absolute Gasteiger partial charge is 0.416 e. The van der Waals surface area contributed by atoms with E-state index in [-0.39, 0.29) is 29.2 Å². The predicted octanol–water partition coefficient (Wildman–Crippen LogP) is 2.32. The third kappa shape index (κ3) is 5.06. The quantitative estimate of drug-likeness (QED) is 0.893. The van der Waals surface area contributed by atoms with Gasteiger partial charge in [0.2, 0.25) is 11.2 Å². The SMILES string of the molecule is Nc1nc(Cl)nc(OCC(=O)Cc2cccc(C(F)(F)F)c2)n1. The van der Waals surface area contributed by atoms with E-state index in [1.54, 1.807) is 0 Å². The third-order valence-corrected chi connectivity index (χ3v) is 2.79. The summed E-state index contributed by atoms with van der Waals surface area (Å²) in [4.78, 5) is 22.5. The third-order valence-electron chi connectivity index (χ3n) is 2.62. The Labute approximate surface area is 133 Å². The molecule has 1 aromatic carbocycles. The number of carbonyl (C=O) groups excluding carboxylic acids is 1. The average molecular weight is 347 g/mol. The number of hydrogen-bond acceptors (Lipinski definition) is 6. The van der Waals surface area contributed by atoms with Gasteiger partial charge in [0.1, 0.15) is 0 Å². The van der Waals surface area contributed by atoms with Crippen LogP contribution in [0, 0.1) is 0 Å². The fourth-order valence-corrected chi connectivity index (χ4v) is 1.85. The van der Waals surface area contributed by atoms with Crippen LogP contribution < -0.4 is 10.5 Å². The Morgan fingerprint density at radius 1 is 1.26 bits per heavy atom. The van der Waals surface area contributed by atoms with Gasteiger partial charge in [0.15, 0.2) is 12.4 Å². The molecule has 2 aromatic rings. The maximum Gasteiger partial charge on any atom is 0.416 e. The Bertz CT molecular complexity index is 704. The van der Waals surface area contributed by atoms with Crippen molar-refractivity contribution in [2.75, 3.05) is 12.3 Å². The summed E-state index contributed by atoms with van der Waals surface area (Å²) in [6.45, 7) is -0.434. The van der Waals surface area contributed by atoms with Crippen molar-refractivity contribution >= 4 is 23.3 Å². The Hall–Kier alpha value is -2.42. The normalized spacial score (nSPS) is 11.3. The number of Topliss-reactive ketones (excluding diaryl/α,β-unsaturated/α-hetero) is 1. The maximum absolute atomic E-state index is 12.6. The first-order valence-corrected chi connectivity index (χ1v) is 6.59. The Morgan fingerprint density at radius 3 is 2.65 bits per heavy atom. The van der Waals surface area contributed by atoms with Gasteiger partial charge in [-0.3, -0.25) is 4.79 Å². The average Bonchev–Trinajstić information content (AvgIpc) is 2.43. The lowest BCUT2D eigenvalue weighted by Crippen LogP contribution is -2.16. The Morgan fingerprint density at radius 2 is 2.00 bits per heavy atom. The number of nitrogens with two attached hydrogens (primary N) is 1. The first-order chi connectivity index (χ1) is 10.7. The van der Waals surface area contributed by atoms with Crippen molar-refractivity contribution in [2.45, 2.75) is 12.6 Å². The first kappa shape index (κ1) is 16.9. The second-order valence-electron chi connectivity index (χ2n) is 4.45. The molecule has 1 heterocycles. The highest BCUT2D eigenvalue weighted by atomic mass is 35.5. The zero-order valence-corrected chi connectivity index (χ0v) is 12.2. The molecule has 0 amide bonds. The minimum Gasteiger partial charge on any atom is -0.455 e. The molecule has 0 saturated heterocycles. The summed E-state index contributed by atoms with van der Waals surface area (Å²) in [5.41, 5.74) is 4.73. The van der Waals surface area contributed by atoms with E-state index in [4.69, 9.17) is 22.1 Å². The molecule has 0 unspecified atom stereocenters. The Kier molecular flexibility index (Phi) is 4.99. The molecule has 0 atom stereocenters. The van der Waals surface area contributed by atoms with Gasteiger partial charge >= 0.3 is 12.2 Å². The molecule has 0 saturated carbocycles. The summed E-state index contributed by atoms with van der Waals surface area (Å²) in [6.07, 6.45) is -4.69. The monoisotopic (exact) mass is 346 g/mol. The molecule has 0 aliphatic carbocycles. The van der Waals surface area contributed by atoms with Gasteiger partial charge < -0.3 is 10.5 Å². The fourth-order valence-electron chi connectivity index (χ4n) is 1.69. The summed E-state index contributed by atoms with van der Waals surface area (Å²) in [5.74, 6) is -0.634. The number of alkyl halides is 3. The molecular weight excluding hydrogens is 337 g/mol. The van der Waals surface area contributed by atoms with Crippen molar-refractivity contribution in [3.63, 3.8) is 0 Å². The number of nitrogens with zero attached hydrogens (tertiary/aromatic N) is 3. The summed E-state index contributed by atoms with van der Waals surface area (Å²) in [5, 5.41) is -0.196. The number of nitrogen functional groups attached to an aromatic ring is 1. The Balaban J connectivity index is 1.97. The zero-order valence-electron chi connectivity index (χ0n) is 11.5. The van der Waals surface area contributed by atoms with Crippen LogP contribution in [-0.4, -0.2) is 27.3 Å². The molecule has 0 aliphatic rings. The highest BCUT2D eigenvalue weighted by molar-refractivity contribution is 6.28. The predicted molar refractivity (Wildman–Crippen MR) is 74.9 cm³/mol. The molecular formula is C13H10ClF3N4O2. The van der Waals surface area contributed by atoms with Crippen LogP contribution in [0.1, 0.15) is 11.1 Å². The van der Waals surface area contributed by atoms with Gasteiger partial charge in [0.25, 0.3) is 0 Å². The molecule has 6 nitrogen and oxygen atoms in total. The molecule has 122 valence electrons. The van der Waals surface area contributed by atoms with Gasteiger partial charge in [-0.05, 0) is 23.2 Å². The second-order valence-corrected chi connectivity index (χ2v) is 4.79. The van der Waals surface area contributed by atoms with Gasteiger partial charge in [-0.1, -0.05) is 18.2 Å². The molecule has 0 bridgehead atoms. The van der Waals surface area contributed by atoms with E-state index in [0.29, 0.717) is 0 Å². The molecule has 10 heteroatoms. The number of ketones is 1. The van der Waals surface area contributed by atoms with Crippen molar-refractivity contribution in [1.29, 1.82) is 0 Å². The summed E-state index contributed by atoms with van der Waals surface area (Å²) < 4.78 is 42.8. The standard InChI is InChI=1S/C13H10ClF3N4O2/c14-10-19-11(18)21-12(20-10)23-6-9(22)5-7-2-1-3-8(4-7)13(15,16)17/h1-4H,5-6H2,(H2,18,19,20,21). The second kappa shape index (κ2) is 6.78. The van der Waals surface area contributed by atoms with Crippen molar-refractivity contribution in [1.82, 2.24) is 15.0 Å². The minimum atomic E-state index is -4.46. The van der Waals surface area contributed by atoms with Crippen molar-refractivity contribution in [2.24, 2.45) is 0 Å². The van der Waals surface area contributed by atoms with Crippen molar-refractivity contribution in [3.8, 4) is 6.01 Å². The molecule has 0 radical (unpaired) electrons. The number of carbonyl (C=O) groups is 1. The van der Waals surface area contributed by atoms with E-state index in [2.05, 4.69) is 15.0 Å². The molecule has 0 fully saturated rings. The van der Waals surface area contributed by atoms with Crippen LogP contribution in [0.3, 0.4) is 0 Å². The highest BCUT2D eigenvalue weighted by Gasteiger charge is 2.30. The van der Waals surface area contributed by atoms with Crippen LogP contribution in [0.5, 0.6) is 6.01 Å². The molecule has 0 spiro atoms. The van der Waals surface area contributed by atoms with Gasteiger partial charge in [-0.2, -0.15) is 28.1 Å². The van der Waals surface area contributed by atoms with Crippen LogP contribution in [0.25, 0.3) is 0 Å². The van der Waals surface area contributed by atoms with Crippen LogP contribution in [0.2, 0.25) is 5.28 Å². The van der Waals surface area contributed by atoms with Gasteiger partial charge in [-0.15, -0.1) is 0 Å². The van der Waals surface area contributed by atoms with Gasteiger partial charge in [0, 0.05) is 6.42 Å². The van der Waals surface area contributed by atoms with Crippen molar-refractivity contribution < 1.29 is 22.7 Å². The number of ether oxygens (including phenoxy) is 1. The number of benzene rings is 1. The molecule has 2 N–H and O–H groups in total. The van der Waals surface area contributed by atoms with Crippen LogP contribution in [0.15, 0.2) is 24.3 Å². The van der Waals surface area contributed by atoms with Crippen LogP contribution >= 0.6 is 11.6 Å². The van der Waals surface area contributed by atoms with Gasteiger partial charge in [-0.25, -0.2) is 0 Å². The largest absolute Gasteiger partial charge is 0.455 e. The zero-order chi connectivity index (χ0) is 17.0. The lowest BCUT2D eigenvalue weighted by Gasteiger charge is -2.08. The van der Waals surface area contributed by atoms with E-state index in [1.807, 2.05) is 0 Å². The van der Waals surface area contributed by atoms with Crippen LogP contribution in [-0.2, 0) is 17.4 Å². The number of hydrogen-bond donors (Lipinski definition) is 1. The lowest BCUT2D eigenvalue weighted by atomic mass is 10.1. The van der Waals surface area contributed by atoms with E-state index >= 15 is 0 Å². The first-order valence-electron chi connectivity index (χ1n) is 6.22. The number of anilines is 1. The van der Waals surface area contributed by atoms with Crippen molar-refractivity contribution in [3.05, 3.63) is 40.7 Å². The maximum atomic E-state index is 12.6. The van der Waals surface area contributed by atoms with Gasteiger partial charge in [0.05, 0.1) is 5.56 Å².